The van der Waals surface area contributed by atoms with Gasteiger partial charge in [0.2, 0.25) is 10.0 Å². The molecular weight excluding hydrogens is 331 g/mol. The minimum atomic E-state index is -3.67. The van der Waals surface area contributed by atoms with Crippen molar-refractivity contribution in [3.05, 3.63) is 42.5 Å². The van der Waals surface area contributed by atoms with E-state index in [-0.39, 0.29) is 11.3 Å². The third-order valence-electron chi connectivity index (χ3n) is 4.49. The second-order valence-electron chi connectivity index (χ2n) is 6.20. The van der Waals surface area contributed by atoms with Gasteiger partial charge in [0, 0.05) is 18.9 Å². The molecule has 1 aromatic carbocycles. The average Bonchev–Trinajstić information content (AvgIpc) is 3.10. The zero-order valence-electron chi connectivity index (χ0n) is 13.5. The molecule has 1 heterocycles. The summed E-state index contributed by atoms with van der Waals surface area (Å²) >= 11 is 0. The van der Waals surface area contributed by atoms with Gasteiger partial charge in [-0.05, 0) is 37.0 Å². The van der Waals surface area contributed by atoms with E-state index in [9.17, 15) is 8.42 Å². The van der Waals surface area contributed by atoms with E-state index in [0.29, 0.717) is 19.3 Å². The molecule has 1 saturated carbocycles. The topological polar surface area (TPSA) is 76.9 Å². The lowest BCUT2D eigenvalue weighted by molar-refractivity contribution is 0.0130. The number of nitrogens with one attached hydrogen (secondary N) is 1. The molecule has 0 spiro atoms. The Kier molecular flexibility index (Phi) is 4.69. The fourth-order valence-corrected chi connectivity index (χ4v) is 4.50. The Bertz CT molecular complexity index is 794. The predicted molar refractivity (Wildman–Crippen MR) is 87.5 cm³/mol. The molecule has 130 valence electrons. The zero-order valence-corrected chi connectivity index (χ0v) is 14.3. The van der Waals surface area contributed by atoms with E-state index in [1.807, 2.05) is 13.0 Å². The molecule has 1 aliphatic rings. The number of benzene rings is 1. The molecule has 0 saturated heterocycles. The molecule has 0 amide bonds. The summed E-state index contributed by atoms with van der Waals surface area (Å²) in [5.41, 5.74) is 0.950. The van der Waals surface area contributed by atoms with Gasteiger partial charge in [-0.2, -0.15) is 0 Å². The molecule has 1 N–H and O–H groups in total. The van der Waals surface area contributed by atoms with Crippen LogP contribution in [-0.2, 0) is 22.2 Å². The number of aromatic nitrogens is 3. The normalized spacial score (nSPS) is 24.8. The highest BCUT2D eigenvalue weighted by Gasteiger charge is 2.39. The molecular formula is C16H21FN4O2S. The molecule has 1 aromatic heterocycles. The third-order valence-corrected chi connectivity index (χ3v) is 6.01. The molecule has 3 rings (SSSR count). The van der Waals surface area contributed by atoms with Crippen molar-refractivity contribution < 1.29 is 12.8 Å². The number of halogens is 1. The van der Waals surface area contributed by atoms with Gasteiger partial charge in [0.25, 0.3) is 0 Å². The van der Waals surface area contributed by atoms with Gasteiger partial charge in [0.15, 0.2) is 5.79 Å². The maximum atomic E-state index is 15.1. The first kappa shape index (κ1) is 17.0. The average molecular weight is 352 g/mol. The Hall–Kier alpha value is -1.80. The molecule has 8 heteroatoms. The van der Waals surface area contributed by atoms with Crippen molar-refractivity contribution >= 4 is 10.0 Å². The molecule has 2 atom stereocenters. The second-order valence-corrected chi connectivity index (χ2v) is 7.92. The van der Waals surface area contributed by atoms with E-state index >= 15 is 4.39 Å². The Labute approximate surface area is 141 Å². The zero-order chi connectivity index (χ0) is 17.2. The summed E-state index contributed by atoms with van der Waals surface area (Å²) in [4.78, 5) is 0.223. The smallest absolute Gasteiger partial charge is 0.240 e. The highest BCUT2D eigenvalue weighted by molar-refractivity contribution is 7.89. The third kappa shape index (κ3) is 3.49. The van der Waals surface area contributed by atoms with Crippen LogP contribution in [0.1, 0.15) is 38.2 Å². The standard InChI is InChI=1S/C16H21FN4O2S/c1-2-13-5-3-7-15(9-13)24(22,23)20-14-6-4-8-16(17,10-14)21-11-18-19-12-21/h3,5,7,9,11-12,14,20H,2,4,6,8,10H2,1H3/t14-,16-/m0/s1. The first-order chi connectivity index (χ1) is 11.4. The van der Waals surface area contributed by atoms with Crippen LogP contribution < -0.4 is 4.72 Å². The number of rotatable bonds is 5. The Morgan fingerprint density at radius 1 is 1.38 bits per heavy atom. The van der Waals surface area contributed by atoms with E-state index < -0.39 is 21.9 Å². The predicted octanol–water partition coefficient (Wildman–Crippen LogP) is 2.38. The minimum absolute atomic E-state index is 0.0672. The highest BCUT2D eigenvalue weighted by Crippen LogP contribution is 2.36. The second kappa shape index (κ2) is 6.60. The van der Waals surface area contributed by atoms with Crippen LogP contribution in [0, 0.1) is 0 Å². The number of hydrogen-bond acceptors (Lipinski definition) is 4. The maximum absolute atomic E-state index is 15.1. The van der Waals surface area contributed by atoms with Gasteiger partial charge in [-0.25, -0.2) is 17.5 Å². The van der Waals surface area contributed by atoms with Crippen molar-refractivity contribution in [3.8, 4) is 0 Å². The quantitative estimate of drug-likeness (QED) is 0.896. The summed E-state index contributed by atoms with van der Waals surface area (Å²) in [5.74, 6) is -1.65. The summed E-state index contributed by atoms with van der Waals surface area (Å²) in [7, 11) is -3.67. The molecule has 1 aliphatic carbocycles. The molecule has 2 aromatic rings. The van der Waals surface area contributed by atoms with Gasteiger partial charge >= 0.3 is 0 Å². The maximum Gasteiger partial charge on any atom is 0.240 e. The van der Waals surface area contributed by atoms with Crippen LogP contribution in [0.4, 0.5) is 4.39 Å². The van der Waals surface area contributed by atoms with E-state index in [1.165, 1.54) is 17.2 Å². The van der Waals surface area contributed by atoms with Crippen molar-refractivity contribution in [2.24, 2.45) is 0 Å². The van der Waals surface area contributed by atoms with E-state index in [0.717, 1.165) is 12.0 Å². The van der Waals surface area contributed by atoms with Crippen molar-refractivity contribution in [3.63, 3.8) is 0 Å². The van der Waals surface area contributed by atoms with E-state index in [2.05, 4.69) is 14.9 Å². The molecule has 0 aliphatic heterocycles. The van der Waals surface area contributed by atoms with Crippen LogP contribution in [0.25, 0.3) is 0 Å². The minimum Gasteiger partial charge on any atom is -0.286 e. The van der Waals surface area contributed by atoms with Crippen LogP contribution in [0.5, 0.6) is 0 Å². The Balaban J connectivity index is 1.77. The SMILES string of the molecule is CCc1cccc(S(=O)(=O)N[C@H]2CCC[C@](F)(n3cnnc3)C2)c1. The lowest BCUT2D eigenvalue weighted by atomic mass is 9.89. The lowest BCUT2D eigenvalue weighted by Crippen LogP contribution is -2.44. The summed E-state index contributed by atoms with van der Waals surface area (Å²) in [6, 6.07) is 6.38. The first-order valence-corrected chi connectivity index (χ1v) is 9.56. The number of aryl methyl sites for hydroxylation is 1. The summed E-state index contributed by atoms with van der Waals surface area (Å²) in [5, 5.41) is 7.29. The number of sulfonamides is 1. The Morgan fingerprint density at radius 3 is 2.83 bits per heavy atom. The fourth-order valence-electron chi connectivity index (χ4n) is 3.16. The van der Waals surface area contributed by atoms with Crippen molar-refractivity contribution in [2.45, 2.75) is 55.8 Å². The van der Waals surface area contributed by atoms with Gasteiger partial charge in [-0.15, -0.1) is 10.2 Å². The van der Waals surface area contributed by atoms with Gasteiger partial charge in [0.05, 0.1) is 4.90 Å². The van der Waals surface area contributed by atoms with Gasteiger partial charge < -0.3 is 0 Å². The van der Waals surface area contributed by atoms with Crippen LogP contribution in [0.15, 0.2) is 41.8 Å². The molecule has 24 heavy (non-hydrogen) atoms. The van der Waals surface area contributed by atoms with E-state index in [4.69, 9.17) is 0 Å². The highest BCUT2D eigenvalue weighted by atomic mass is 32.2. The summed E-state index contributed by atoms with van der Waals surface area (Å²) in [6.45, 7) is 1.97. The molecule has 6 nitrogen and oxygen atoms in total. The number of nitrogens with zero attached hydrogens (tertiary/aromatic N) is 3. The van der Waals surface area contributed by atoms with Crippen molar-refractivity contribution in [2.75, 3.05) is 0 Å². The van der Waals surface area contributed by atoms with Gasteiger partial charge in [-0.1, -0.05) is 19.1 Å². The largest absolute Gasteiger partial charge is 0.286 e. The van der Waals surface area contributed by atoms with Gasteiger partial charge in [-0.3, -0.25) is 4.57 Å². The molecule has 0 radical (unpaired) electrons. The van der Waals surface area contributed by atoms with Crippen LogP contribution in [0.2, 0.25) is 0 Å². The molecule has 0 unspecified atom stereocenters. The van der Waals surface area contributed by atoms with Crippen LogP contribution >= 0.6 is 0 Å². The van der Waals surface area contributed by atoms with Crippen molar-refractivity contribution in [1.82, 2.24) is 19.5 Å². The fraction of sp³-hybridized carbons (Fsp3) is 0.500. The summed E-state index contributed by atoms with van der Waals surface area (Å²) < 4.78 is 44.3. The van der Waals surface area contributed by atoms with Crippen LogP contribution in [-0.4, -0.2) is 29.2 Å². The summed E-state index contributed by atoms with van der Waals surface area (Å²) in [6.07, 6.45) is 5.03. The lowest BCUT2D eigenvalue weighted by Gasteiger charge is -2.35. The van der Waals surface area contributed by atoms with E-state index in [1.54, 1.807) is 18.2 Å². The first-order valence-electron chi connectivity index (χ1n) is 8.08. The van der Waals surface area contributed by atoms with Crippen molar-refractivity contribution in [1.29, 1.82) is 0 Å². The number of hydrogen-bond donors (Lipinski definition) is 1. The van der Waals surface area contributed by atoms with Crippen LogP contribution in [0.3, 0.4) is 0 Å². The Morgan fingerprint density at radius 2 is 2.12 bits per heavy atom. The molecule has 0 bridgehead atoms. The van der Waals surface area contributed by atoms with Gasteiger partial charge in [0.1, 0.15) is 12.7 Å². The monoisotopic (exact) mass is 352 g/mol. The molecule has 1 fully saturated rings. The number of alkyl halides is 1.